The maximum atomic E-state index is 11.3. The topological polar surface area (TPSA) is 75.9 Å². The molecule has 1 heterocycles. The first-order valence-corrected chi connectivity index (χ1v) is 3.89. The molecule has 0 spiro atoms. The fourth-order valence-electron chi connectivity index (χ4n) is 1.29. The van der Waals surface area contributed by atoms with E-state index < -0.39 is 4.92 Å². The van der Waals surface area contributed by atoms with Gasteiger partial charge in [-0.05, 0) is 18.2 Å². The van der Waals surface area contributed by atoms with E-state index in [0.29, 0.717) is 0 Å². The molecule has 0 N–H and O–H groups in total. The number of pyridine rings is 1. The summed E-state index contributed by atoms with van der Waals surface area (Å²) in [5.41, 5.74) is 0.0504. The molecule has 0 bridgehead atoms. The molecule has 0 aliphatic rings. The molecule has 2 aromatic rings. The summed E-state index contributed by atoms with van der Waals surface area (Å²) in [7, 11) is 0. The van der Waals surface area contributed by atoms with Crippen LogP contribution < -0.4 is 0 Å². The number of benzene rings is 1. The van der Waals surface area contributed by atoms with Gasteiger partial charge in [-0.15, -0.1) is 0 Å². The van der Waals surface area contributed by atoms with Crippen molar-refractivity contribution in [1.29, 1.82) is 0 Å². The largest absolute Gasteiger partial charge is 0.288 e. The Bertz CT molecular complexity index is 510. The van der Waals surface area contributed by atoms with Crippen LogP contribution >= 0.6 is 0 Å². The first-order valence-electron chi connectivity index (χ1n) is 3.89. The molecule has 0 unspecified atom stereocenters. The Balaban J connectivity index is 2.88. The van der Waals surface area contributed by atoms with Crippen molar-refractivity contribution in [2.45, 2.75) is 0 Å². The van der Waals surface area contributed by atoms with Crippen LogP contribution in [0.4, 0.5) is 5.69 Å². The molecular formula is C9H5N2O3. The normalized spacial score (nSPS) is 10.3. The summed E-state index contributed by atoms with van der Waals surface area (Å²) >= 11 is 0. The quantitative estimate of drug-likeness (QED) is 0.510. The van der Waals surface area contributed by atoms with Gasteiger partial charge in [0.05, 0.1) is 10.3 Å². The molecule has 0 aliphatic carbocycles. The summed E-state index contributed by atoms with van der Waals surface area (Å²) in [6.45, 7) is 0. The van der Waals surface area contributed by atoms with Crippen LogP contribution in [0, 0.1) is 10.1 Å². The maximum absolute atomic E-state index is 11.3. The van der Waals surface area contributed by atoms with E-state index in [0.717, 1.165) is 6.07 Å². The molecule has 5 nitrogen and oxygen atoms in total. The van der Waals surface area contributed by atoms with Gasteiger partial charge in [0.15, 0.2) is 0 Å². The van der Waals surface area contributed by atoms with Crippen LogP contribution in [0.25, 0.3) is 10.9 Å². The highest BCUT2D eigenvalue weighted by Gasteiger charge is 2.14. The Kier molecular flexibility index (Phi) is 1.78. The van der Waals surface area contributed by atoms with Crippen LogP contribution in [-0.4, -0.2) is 9.91 Å². The van der Waals surface area contributed by atoms with Gasteiger partial charge in [0.2, 0.25) is 5.75 Å². The van der Waals surface area contributed by atoms with Gasteiger partial charge in [0.25, 0.3) is 5.69 Å². The van der Waals surface area contributed by atoms with Crippen LogP contribution in [0.15, 0.2) is 30.5 Å². The van der Waals surface area contributed by atoms with Crippen molar-refractivity contribution in [2.24, 2.45) is 0 Å². The highest BCUT2D eigenvalue weighted by molar-refractivity contribution is 5.91. The second kappa shape index (κ2) is 2.95. The Morgan fingerprint density at radius 2 is 2.07 bits per heavy atom. The minimum absolute atomic E-state index is 0.0901. The van der Waals surface area contributed by atoms with Gasteiger partial charge in [-0.1, -0.05) is 0 Å². The SMILES string of the molecule is [O]c1ccc([N+](=O)[O-])c2cccnc12. The van der Waals surface area contributed by atoms with E-state index in [2.05, 4.69) is 4.98 Å². The molecular weight excluding hydrogens is 184 g/mol. The Morgan fingerprint density at radius 3 is 2.79 bits per heavy atom. The summed E-state index contributed by atoms with van der Waals surface area (Å²) in [4.78, 5) is 13.9. The molecule has 0 saturated heterocycles. The summed E-state index contributed by atoms with van der Waals surface area (Å²) in [6, 6.07) is 5.44. The number of hydrogen-bond donors (Lipinski definition) is 0. The molecule has 0 fully saturated rings. The van der Waals surface area contributed by atoms with E-state index in [4.69, 9.17) is 0 Å². The van der Waals surface area contributed by atoms with Gasteiger partial charge in [-0.25, -0.2) is 0 Å². The number of non-ortho nitro benzene ring substituents is 1. The zero-order chi connectivity index (χ0) is 10.1. The van der Waals surface area contributed by atoms with E-state index in [9.17, 15) is 15.2 Å². The second-order valence-corrected chi connectivity index (χ2v) is 2.74. The Hall–Kier alpha value is -2.17. The third kappa shape index (κ3) is 1.15. The number of nitro groups is 1. The smallest absolute Gasteiger partial charge is 0.279 e. The van der Waals surface area contributed by atoms with E-state index in [1.807, 2.05) is 0 Å². The molecule has 5 heteroatoms. The number of rotatable bonds is 1. The molecule has 1 aromatic carbocycles. The number of nitro benzene ring substituents is 1. The molecule has 0 saturated carbocycles. The minimum Gasteiger partial charge on any atom is -0.288 e. The van der Waals surface area contributed by atoms with Gasteiger partial charge in [0, 0.05) is 12.3 Å². The lowest BCUT2D eigenvalue weighted by molar-refractivity contribution is -0.383. The first-order chi connectivity index (χ1) is 6.70. The summed E-state index contributed by atoms with van der Waals surface area (Å²) in [5.74, 6) is -0.300. The molecule has 1 aromatic heterocycles. The fraction of sp³-hybridized carbons (Fsp3) is 0. The molecule has 1 radical (unpaired) electrons. The van der Waals surface area contributed by atoms with Crippen LogP contribution in [-0.2, 0) is 5.11 Å². The van der Waals surface area contributed by atoms with Gasteiger partial charge >= 0.3 is 0 Å². The summed E-state index contributed by atoms with van der Waals surface area (Å²) in [6.07, 6.45) is 1.44. The van der Waals surface area contributed by atoms with Crippen LogP contribution in [0.1, 0.15) is 0 Å². The van der Waals surface area contributed by atoms with Crippen molar-refractivity contribution < 1.29 is 10.0 Å². The zero-order valence-electron chi connectivity index (χ0n) is 7.01. The predicted octanol–water partition coefficient (Wildman–Crippen LogP) is 2.29. The fourth-order valence-corrected chi connectivity index (χ4v) is 1.29. The minimum atomic E-state index is -0.524. The van der Waals surface area contributed by atoms with Crippen molar-refractivity contribution in [1.82, 2.24) is 4.98 Å². The van der Waals surface area contributed by atoms with Crippen LogP contribution in [0.2, 0.25) is 0 Å². The molecule has 69 valence electrons. The van der Waals surface area contributed by atoms with Gasteiger partial charge in [-0.3, -0.25) is 20.2 Å². The lowest BCUT2D eigenvalue weighted by Gasteiger charge is -1.98. The number of nitrogens with zero attached hydrogens (tertiary/aromatic N) is 2. The maximum Gasteiger partial charge on any atom is 0.279 e. The molecule has 0 atom stereocenters. The van der Waals surface area contributed by atoms with Crippen molar-refractivity contribution in [3.8, 4) is 5.75 Å². The van der Waals surface area contributed by atoms with E-state index in [-0.39, 0.29) is 22.3 Å². The Morgan fingerprint density at radius 1 is 1.29 bits per heavy atom. The summed E-state index contributed by atoms with van der Waals surface area (Å²) < 4.78 is 0. The third-order valence-electron chi connectivity index (χ3n) is 1.91. The average molecular weight is 189 g/mol. The van der Waals surface area contributed by atoms with Crippen LogP contribution in [0.5, 0.6) is 5.75 Å². The molecule has 0 aliphatic heterocycles. The van der Waals surface area contributed by atoms with Gasteiger partial charge in [-0.2, -0.15) is 0 Å². The van der Waals surface area contributed by atoms with Crippen molar-refractivity contribution in [3.63, 3.8) is 0 Å². The number of fused-ring (bicyclic) bond motifs is 1. The lowest BCUT2D eigenvalue weighted by Crippen LogP contribution is -1.90. The molecule has 0 amide bonds. The predicted molar refractivity (Wildman–Crippen MR) is 48.5 cm³/mol. The van der Waals surface area contributed by atoms with Crippen molar-refractivity contribution >= 4 is 16.6 Å². The van der Waals surface area contributed by atoms with Crippen LogP contribution in [0.3, 0.4) is 0 Å². The zero-order valence-corrected chi connectivity index (χ0v) is 7.01. The molecule has 2 rings (SSSR count). The van der Waals surface area contributed by atoms with Crippen molar-refractivity contribution in [2.75, 3.05) is 0 Å². The number of aromatic nitrogens is 1. The highest BCUT2D eigenvalue weighted by Crippen LogP contribution is 2.30. The Labute approximate surface area is 78.8 Å². The summed E-state index contributed by atoms with van der Waals surface area (Å²) in [5, 5.41) is 22.2. The second-order valence-electron chi connectivity index (χ2n) is 2.74. The van der Waals surface area contributed by atoms with Gasteiger partial charge < -0.3 is 0 Å². The van der Waals surface area contributed by atoms with Gasteiger partial charge in [0.1, 0.15) is 5.52 Å². The highest BCUT2D eigenvalue weighted by atomic mass is 16.6. The third-order valence-corrected chi connectivity index (χ3v) is 1.91. The lowest BCUT2D eigenvalue weighted by atomic mass is 10.2. The van der Waals surface area contributed by atoms with E-state index in [1.54, 1.807) is 6.07 Å². The number of hydrogen-bond acceptors (Lipinski definition) is 3. The standard InChI is InChI=1S/C9H5N2O3/c12-8-4-3-7(11(13)14)6-2-1-5-10-9(6)8/h1-5H. The first kappa shape index (κ1) is 8.43. The van der Waals surface area contributed by atoms with E-state index in [1.165, 1.54) is 18.3 Å². The average Bonchev–Trinajstić information content (AvgIpc) is 2.18. The van der Waals surface area contributed by atoms with Crippen molar-refractivity contribution in [3.05, 3.63) is 40.6 Å². The van der Waals surface area contributed by atoms with E-state index >= 15 is 0 Å². The molecule has 14 heavy (non-hydrogen) atoms. The monoisotopic (exact) mass is 189 g/mol.